The molecule has 1 heterocycles. The van der Waals surface area contributed by atoms with Crippen molar-refractivity contribution in [2.24, 2.45) is 0 Å². The van der Waals surface area contributed by atoms with Crippen molar-refractivity contribution in [3.05, 3.63) is 28.4 Å². The average Bonchev–Trinajstić information content (AvgIpc) is 2.06. The first kappa shape index (κ1) is 8.44. The molecule has 66 valence electrons. The van der Waals surface area contributed by atoms with Gasteiger partial charge in [0.15, 0.2) is 0 Å². The first-order valence-electron chi connectivity index (χ1n) is 3.86. The van der Waals surface area contributed by atoms with Crippen molar-refractivity contribution >= 4 is 32.8 Å². The summed E-state index contributed by atoms with van der Waals surface area (Å²) >= 11 is 3.35. The highest BCUT2D eigenvalue weighted by molar-refractivity contribution is 9.10. The van der Waals surface area contributed by atoms with Gasteiger partial charge in [-0.25, -0.2) is 9.97 Å². The third-order valence-corrected chi connectivity index (χ3v) is 2.43. The van der Waals surface area contributed by atoms with Gasteiger partial charge < -0.3 is 5.73 Å². The van der Waals surface area contributed by atoms with Gasteiger partial charge in [0.1, 0.15) is 4.60 Å². The molecule has 0 amide bonds. The van der Waals surface area contributed by atoms with Gasteiger partial charge in [0.2, 0.25) is 5.95 Å². The van der Waals surface area contributed by atoms with E-state index in [-0.39, 0.29) is 0 Å². The molecule has 2 N–H and O–H groups in total. The van der Waals surface area contributed by atoms with Crippen LogP contribution in [-0.4, -0.2) is 9.97 Å². The van der Waals surface area contributed by atoms with Crippen molar-refractivity contribution in [3.8, 4) is 0 Å². The lowest BCUT2D eigenvalue weighted by Gasteiger charge is -2.01. The zero-order valence-electron chi connectivity index (χ0n) is 7.08. The smallest absolute Gasteiger partial charge is 0.221 e. The van der Waals surface area contributed by atoms with E-state index in [1.54, 1.807) is 0 Å². The van der Waals surface area contributed by atoms with Crippen LogP contribution in [-0.2, 0) is 0 Å². The predicted octanol–water partition coefficient (Wildman–Crippen LogP) is 2.28. The number of nitrogen functional groups attached to an aromatic ring is 1. The number of hydrogen-bond donors (Lipinski definition) is 1. The number of anilines is 1. The molecule has 4 heteroatoms. The highest BCUT2D eigenvalue weighted by Gasteiger charge is 2.02. The number of aromatic nitrogens is 2. The molecule has 0 saturated heterocycles. The van der Waals surface area contributed by atoms with Crippen LogP contribution in [0.2, 0.25) is 0 Å². The topological polar surface area (TPSA) is 51.8 Å². The number of aryl methyl sites for hydroxylation is 1. The van der Waals surface area contributed by atoms with E-state index in [1.165, 1.54) is 5.56 Å². The van der Waals surface area contributed by atoms with Gasteiger partial charge in [-0.2, -0.15) is 0 Å². The molecule has 13 heavy (non-hydrogen) atoms. The van der Waals surface area contributed by atoms with Crippen LogP contribution in [0.25, 0.3) is 10.9 Å². The van der Waals surface area contributed by atoms with Gasteiger partial charge in [-0.05, 0) is 35.0 Å². The van der Waals surface area contributed by atoms with Gasteiger partial charge in [0.25, 0.3) is 0 Å². The van der Waals surface area contributed by atoms with Gasteiger partial charge >= 0.3 is 0 Å². The van der Waals surface area contributed by atoms with E-state index in [4.69, 9.17) is 5.73 Å². The third kappa shape index (κ3) is 1.49. The SMILES string of the molecule is Cc1ccc2nc(N)nc(Br)c2c1. The fourth-order valence-electron chi connectivity index (χ4n) is 1.22. The van der Waals surface area contributed by atoms with E-state index < -0.39 is 0 Å². The van der Waals surface area contributed by atoms with Crippen molar-refractivity contribution in [2.75, 3.05) is 5.73 Å². The summed E-state index contributed by atoms with van der Waals surface area (Å²) in [6, 6.07) is 5.97. The van der Waals surface area contributed by atoms with Crippen LogP contribution in [0.1, 0.15) is 5.56 Å². The van der Waals surface area contributed by atoms with Crippen LogP contribution in [0.3, 0.4) is 0 Å². The third-order valence-electron chi connectivity index (χ3n) is 1.82. The fraction of sp³-hybridized carbons (Fsp3) is 0.111. The zero-order valence-corrected chi connectivity index (χ0v) is 8.67. The summed E-state index contributed by atoms with van der Waals surface area (Å²) in [5.41, 5.74) is 7.56. The summed E-state index contributed by atoms with van der Waals surface area (Å²) in [5, 5.41) is 0.995. The van der Waals surface area contributed by atoms with Crippen LogP contribution < -0.4 is 5.73 Å². The van der Waals surface area contributed by atoms with Crippen LogP contribution in [0.5, 0.6) is 0 Å². The lowest BCUT2D eigenvalue weighted by Crippen LogP contribution is -1.95. The largest absolute Gasteiger partial charge is 0.368 e. The fourth-order valence-corrected chi connectivity index (χ4v) is 1.72. The molecule has 3 nitrogen and oxygen atoms in total. The summed E-state index contributed by atoms with van der Waals surface area (Å²) in [6.45, 7) is 2.03. The van der Waals surface area contributed by atoms with Gasteiger partial charge in [-0.3, -0.25) is 0 Å². The Morgan fingerprint density at radius 2 is 2.08 bits per heavy atom. The Morgan fingerprint density at radius 3 is 2.85 bits per heavy atom. The van der Waals surface area contributed by atoms with Crippen molar-refractivity contribution in [1.29, 1.82) is 0 Å². The standard InChI is InChI=1S/C9H8BrN3/c1-5-2-3-7-6(4-5)8(10)13-9(11)12-7/h2-4H,1H3,(H2,11,12,13). The van der Waals surface area contributed by atoms with E-state index in [0.29, 0.717) is 5.95 Å². The number of benzene rings is 1. The molecule has 0 spiro atoms. The maximum atomic E-state index is 5.51. The monoisotopic (exact) mass is 237 g/mol. The number of fused-ring (bicyclic) bond motifs is 1. The number of halogens is 1. The molecule has 1 aromatic heterocycles. The average molecular weight is 238 g/mol. The lowest BCUT2D eigenvalue weighted by molar-refractivity contribution is 1.21. The van der Waals surface area contributed by atoms with E-state index >= 15 is 0 Å². The van der Waals surface area contributed by atoms with Crippen LogP contribution >= 0.6 is 15.9 Å². The van der Waals surface area contributed by atoms with Crippen LogP contribution in [0.4, 0.5) is 5.95 Å². The van der Waals surface area contributed by atoms with Crippen LogP contribution in [0, 0.1) is 6.92 Å². The van der Waals surface area contributed by atoms with E-state index in [1.807, 2.05) is 25.1 Å². The maximum absolute atomic E-state index is 5.51. The minimum atomic E-state index is 0.295. The molecule has 2 aromatic rings. The first-order chi connectivity index (χ1) is 6.16. The van der Waals surface area contributed by atoms with E-state index in [0.717, 1.165) is 15.5 Å². The lowest BCUT2D eigenvalue weighted by atomic mass is 10.2. The predicted molar refractivity (Wildman–Crippen MR) is 56.4 cm³/mol. The van der Waals surface area contributed by atoms with Gasteiger partial charge in [-0.15, -0.1) is 0 Å². The molecule has 0 bridgehead atoms. The summed E-state index contributed by atoms with van der Waals surface area (Å²) in [7, 11) is 0. The van der Waals surface area contributed by atoms with Crippen molar-refractivity contribution < 1.29 is 0 Å². The van der Waals surface area contributed by atoms with Gasteiger partial charge in [-0.1, -0.05) is 11.6 Å². The molecule has 0 unspecified atom stereocenters. The Morgan fingerprint density at radius 1 is 1.31 bits per heavy atom. The van der Waals surface area contributed by atoms with Crippen molar-refractivity contribution in [2.45, 2.75) is 6.92 Å². The second-order valence-electron chi connectivity index (χ2n) is 2.89. The number of nitrogens with two attached hydrogens (primary N) is 1. The van der Waals surface area contributed by atoms with Crippen LogP contribution in [0.15, 0.2) is 22.8 Å². The molecule has 0 saturated carbocycles. The molecule has 0 fully saturated rings. The summed E-state index contributed by atoms with van der Waals surface area (Å²) < 4.78 is 0.749. The maximum Gasteiger partial charge on any atom is 0.221 e. The number of nitrogens with zero attached hydrogens (tertiary/aromatic N) is 2. The molecule has 0 aliphatic rings. The Bertz CT molecular complexity index is 468. The molecule has 2 rings (SSSR count). The Labute approximate surface area is 84.1 Å². The van der Waals surface area contributed by atoms with Gasteiger partial charge in [0, 0.05) is 5.39 Å². The minimum absolute atomic E-state index is 0.295. The molecule has 0 aliphatic heterocycles. The summed E-state index contributed by atoms with van der Waals surface area (Å²) in [4.78, 5) is 8.14. The van der Waals surface area contributed by atoms with E-state index in [9.17, 15) is 0 Å². The molecule has 1 aromatic carbocycles. The molecule has 0 aliphatic carbocycles. The van der Waals surface area contributed by atoms with E-state index in [2.05, 4.69) is 25.9 Å². The highest BCUT2D eigenvalue weighted by atomic mass is 79.9. The molecule has 0 radical (unpaired) electrons. The molecule has 0 atom stereocenters. The number of rotatable bonds is 0. The normalized spacial score (nSPS) is 10.6. The van der Waals surface area contributed by atoms with Crippen molar-refractivity contribution in [3.63, 3.8) is 0 Å². The summed E-state index contributed by atoms with van der Waals surface area (Å²) in [5.74, 6) is 0.295. The quantitative estimate of drug-likeness (QED) is 0.716. The Balaban J connectivity index is 2.87. The summed E-state index contributed by atoms with van der Waals surface area (Å²) in [6.07, 6.45) is 0. The van der Waals surface area contributed by atoms with Gasteiger partial charge in [0.05, 0.1) is 5.52 Å². The Kier molecular flexibility index (Phi) is 1.92. The second kappa shape index (κ2) is 2.96. The molecular formula is C9H8BrN3. The first-order valence-corrected chi connectivity index (χ1v) is 4.65. The number of hydrogen-bond acceptors (Lipinski definition) is 3. The minimum Gasteiger partial charge on any atom is -0.368 e. The molecular weight excluding hydrogens is 230 g/mol. The Hall–Kier alpha value is -1.16. The van der Waals surface area contributed by atoms with Crippen molar-refractivity contribution in [1.82, 2.24) is 9.97 Å². The second-order valence-corrected chi connectivity index (χ2v) is 3.64. The zero-order chi connectivity index (χ0) is 9.42. The highest BCUT2D eigenvalue weighted by Crippen LogP contribution is 2.22.